The van der Waals surface area contributed by atoms with Gasteiger partial charge in [-0.15, -0.1) is 0 Å². The van der Waals surface area contributed by atoms with Crippen LogP contribution in [0.5, 0.6) is 0 Å². The lowest BCUT2D eigenvalue weighted by Crippen LogP contribution is -2.46. The Hall–Kier alpha value is -2.22. The van der Waals surface area contributed by atoms with Gasteiger partial charge in [0.05, 0.1) is 17.0 Å². The molecule has 0 aliphatic carbocycles. The summed E-state index contributed by atoms with van der Waals surface area (Å²) < 4.78 is 27.8. The van der Waals surface area contributed by atoms with E-state index in [-0.39, 0.29) is 17.4 Å². The van der Waals surface area contributed by atoms with Gasteiger partial charge in [0.25, 0.3) is 5.91 Å². The molecular weight excluding hydrogens is 328 g/mol. The van der Waals surface area contributed by atoms with Gasteiger partial charge in [0.1, 0.15) is 0 Å². The van der Waals surface area contributed by atoms with Gasteiger partial charge in [-0.25, -0.2) is 13.6 Å². The fourth-order valence-electron chi connectivity index (χ4n) is 2.40. The summed E-state index contributed by atoms with van der Waals surface area (Å²) in [5.74, 6) is -0.334. The van der Waals surface area contributed by atoms with Gasteiger partial charge in [-0.2, -0.15) is 0 Å². The molecule has 7 heteroatoms. The second kappa shape index (κ2) is 7.12. The van der Waals surface area contributed by atoms with Crippen LogP contribution in [-0.2, 0) is 20.3 Å². The Kier molecular flexibility index (Phi) is 5.38. The van der Waals surface area contributed by atoms with Crippen molar-refractivity contribution < 1.29 is 17.9 Å². The molecule has 0 heterocycles. The molecule has 2 aromatic carbocycles. The Labute approximate surface area is 141 Å². The average molecular weight is 348 g/mol. The predicted molar refractivity (Wildman–Crippen MR) is 91.0 cm³/mol. The van der Waals surface area contributed by atoms with Crippen molar-refractivity contribution in [2.75, 3.05) is 13.7 Å². The number of sulfonamides is 1. The maximum absolute atomic E-state index is 12.5. The number of ether oxygens (including phenoxy) is 1. The van der Waals surface area contributed by atoms with E-state index < -0.39 is 15.6 Å². The fraction of sp³-hybridized carbons (Fsp3) is 0.235. The topological polar surface area (TPSA) is 98.5 Å². The number of methoxy groups -OCH3 is 1. The van der Waals surface area contributed by atoms with E-state index in [2.05, 4.69) is 5.32 Å². The number of amides is 1. The van der Waals surface area contributed by atoms with Crippen LogP contribution in [-0.4, -0.2) is 28.0 Å². The zero-order chi connectivity index (χ0) is 17.8. The molecule has 0 aromatic heterocycles. The lowest BCUT2D eigenvalue weighted by atomic mass is 9.92. The van der Waals surface area contributed by atoms with Crippen LogP contribution in [0.3, 0.4) is 0 Å². The number of benzene rings is 2. The normalized spacial score (nSPS) is 14.0. The molecule has 24 heavy (non-hydrogen) atoms. The molecule has 0 spiro atoms. The number of hydrogen-bond donors (Lipinski definition) is 2. The molecule has 0 fully saturated rings. The highest BCUT2D eigenvalue weighted by Crippen LogP contribution is 2.22. The maximum atomic E-state index is 12.5. The van der Waals surface area contributed by atoms with Gasteiger partial charge in [0.2, 0.25) is 10.0 Å². The number of primary sulfonamides is 1. The van der Waals surface area contributed by atoms with Crippen molar-refractivity contribution in [3.8, 4) is 0 Å². The molecule has 0 saturated heterocycles. The summed E-state index contributed by atoms with van der Waals surface area (Å²) in [6.07, 6.45) is 0. The van der Waals surface area contributed by atoms with Crippen LogP contribution in [0.15, 0.2) is 59.5 Å². The molecule has 0 aliphatic rings. The van der Waals surface area contributed by atoms with Crippen molar-refractivity contribution in [2.24, 2.45) is 5.14 Å². The third-order valence-corrected chi connectivity index (χ3v) is 4.61. The van der Waals surface area contributed by atoms with E-state index in [1.807, 2.05) is 37.3 Å². The average Bonchev–Trinajstić information content (AvgIpc) is 2.55. The molecule has 3 N–H and O–H groups in total. The standard InChI is InChI=1S/C17H20N2O4S/c1-17(12-23-2,14-6-4-3-5-7-14)19-16(20)13-8-10-15(11-9-13)24(18,21)22/h3-11H,12H2,1-2H3,(H,19,20)(H2,18,21,22)/t17-/m0/s1. The second-order valence-corrected chi connectivity index (χ2v) is 7.22. The Balaban J connectivity index is 2.25. The molecule has 0 bridgehead atoms. The molecule has 0 aliphatic heterocycles. The zero-order valence-electron chi connectivity index (χ0n) is 13.5. The van der Waals surface area contributed by atoms with E-state index in [1.165, 1.54) is 24.3 Å². The Bertz CT molecular complexity index is 804. The summed E-state index contributed by atoms with van der Waals surface area (Å²) in [5.41, 5.74) is 0.521. The van der Waals surface area contributed by atoms with Crippen LogP contribution in [0.4, 0.5) is 0 Å². The summed E-state index contributed by atoms with van der Waals surface area (Å²) >= 11 is 0. The molecule has 128 valence electrons. The molecule has 0 unspecified atom stereocenters. The van der Waals surface area contributed by atoms with Crippen molar-refractivity contribution in [1.82, 2.24) is 5.32 Å². The van der Waals surface area contributed by atoms with Gasteiger partial charge < -0.3 is 10.1 Å². The summed E-state index contributed by atoms with van der Waals surface area (Å²) in [7, 11) is -2.22. The third-order valence-electron chi connectivity index (χ3n) is 3.68. The van der Waals surface area contributed by atoms with Crippen molar-refractivity contribution in [1.29, 1.82) is 0 Å². The highest BCUT2D eigenvalue weighted by molar-refractivity contribution is 7.89. The minimum Gasteiger partial charge on any atom is -0.382 e. The minimum absolute atomic E-state index is 0.0400. The number of rotatable bonds is 6. The van der Waals surface area contributed by atoms with Crippen LogP contribution >= 0.6 is 0 Å². The van der Waals surface area contributed by atoms with E-state index in [1.54, 1.807) is 7.11 Å². The molecule has 0 radical (unpaired) electrons. The van der Waals surface area contributed by atoms with Gasteiger partial charge in [-0.05, 0) is 36.8 Å². The Morgan fingerprint density at radius 1 is 1.12 bits per heavy atom. The molecule has 2 rings (SSSR count). The zero-order valence-corrected chi connectivity index (χ0v) is 14.3. The lowest BCUT2D eigenvalue weighted by molar-refractivity contribution is 0.0786. The van der Waals surface area contributed by atoms with Crippen LogP contribution in [0, 0.1) is 0 Å². The van der Waals surface area contributed by atoms with E-state index in [9.17, 15) is 13.2 Å². The van der Waals surface area contributed by atoms with E-state index in [0.717, 1.165) is 5.56 Å². The second-order valence-electron chi connectivity index (χ2n) is 5.65. The highest BCUT2D eigenvalue weighted by atomic mass is 32.2. The van der Waals surface area contributed by atoms with Gasteiger partial charge >= 0.3 is 0 Å². The van der Waals surface area contributed by atoms with E-state index in [0.29, 0.717) is 5.56 Å². The summed E-state index contributed by atoms with van der Waals surface area (Å²) in [6, 6.07) is 14.9. The predicted octanol–water partition coefficient (Wildman–Crippen LogP) is 1.63. The molecule has 6 nitrogen and oxygen atoms in total. The lowest BCUT2D eigenvalue weighted by Gasteiger charge is -2.30. The smallest absolute Gasteiger partial charge is 0.252 e. The highest BCUT2D eigenvalue weighted by Gasteiger charge is 2.29. The minimum atomic E-state index is -3.78. The Morgan fingerprint density at radius 3 is 2.21 bits per heavy atom. The molecule has 1 atom stereocenters. The number of carbonyl (C=O) groups excluding carboxylic acids is 1. The summed E-state index contributed by atoms with van der Waals surface area (Å²) in [5, 5.41) is 8.00. The molecule has 0 saturated carbocycles. The summed E-state index contributed by atoms with van der Waals surface area (Å²) in [6.45, 7) is 2.15. The first-order valence-electron chi connectivity index (χ1n) is 7.26. The monoisotopic (exact) mass is 348 g/mol. The quantitative estimate of drug-likeness (QED) is 0.829. The fourth-order valence-corrected chi connectivity index (χ4v) is 2.92. The van der Waals surface area contributed by atoms with E-state index >= 15 is 0 Å². The van der Waals surface area contributed by atoms with Crippen LogP contribution in [0.1, 0.15) is 22.8 Å². The molecule has 1 amide bonds. The number of carbonyl (C=O) groups is 1. The van der Waals surface area contributed by atoms with Crippen LogP contribution < -0.4 is 10.5 Å². The van der Waals surface area contributed by atoms with Gasteiger partial charge in [0.15, 0.2) is 0 Å². The SMILES string of the molecule is COC[C@](C)(NC(=O)c1ccc(S(N)(=O)=O)cc1)c1ccccc1. The van der Waals surface area contributed by atoms with Crippen LogP contribution in [0.2, 0.25) is 0 Å². The number of nitrogens with two attached hydrogens (primary N) is 1. The van der Waals surface area contributed by atoms with Gasteiger partial charge in [-0.1, -0.05) is 30.3 Å². The van der Waals surface area contributed by atoms with Crippen molar-refractivity contribution in [3.05, 3.63) is 65.7 Å². The Morgan fingerprint density at radius 2 is 1.71 bits per heavy atom. The largest absolute Gasteiger partial charge is 0.382 e. The number of nitrogens with one attached hydrogen (secondary N) is 1. The first-order chi connectivity index (χ1) is 11.3. The maximum Gasteiger partial charge on any atom is 0.252 e. The van der Waals surface area contributed by atoms with Crippen LogP contribution in [0.25, 0.3) is 0 Å². The third kappa shape index (κ3) is 4.19. The molecular formula is C17H20N2O4S. The van der Waals surface area contributed by atoms with Gasteiger partial charge in [-0.3, -0.25) is 4.79 Å². The summed E-state index contributed by atoms with van der Waals surface area (Å²) in [4.78, 5) is 12.5. The van der Waals surface area contributed by atoms with Crippen molar-refractivity contribution in [3.63, 3.8) is 0 Å². The van der Waals surface area contributed by atoms with Crippen molar-refractivity contribution >= 4 is 15.9 Å². The van der Waals surface area contributed by atoms with Crippen molar-refractivity contribution in [2.45, 2.75) is 17.4 Å². The molecule has 2 aromatic rings. The number of hydrogen-bond acceptors (Lipinski definition) is 4. The first kappa shape index (κ1) is 18.1. The van der Waals surface area contributed by atoms with E-state index in [4.69, 9.17) is 9.88 Å². The van der Waals surface area contributed by atoms with Gasteiger partial charge in [0, 0.05) is 12.7 Å². The first-order valence-corrected chi connectivity index (χ1v) is 8.81.